The van der Waals surface area contributed by atoms with Gasteiger partial charge in [-0.1, -0.05) is 24.8 Å². The molecule has 0 bridgehead atoms. The number of hydrogen-bond donors (Lipinski definition) is 2. The molecule has 1 saturated carbocycles. The molecule has 2 N–H and O–H groups in total. The zero-order valence-corrected chi connectivity index (χ0v) is 17.1. The number of imide groups is 1. The van der Waals surface area contributed by atoms with Crippen LogP contribution in [0.5, 0.6) is 0 Å². The van der Waals surface area contributed by atoms with Crippen molar-refractivity contribution in [3.63, 3.8) is 0 Å². The molecular formula is C17H20N6O3S2. The molecule has 1 aliphatic heterocycles. The Balaban J connectivity index is 1.42. The molecule has 0 aromatic carbocycles. The molecule has 0 unspecified atom stereocenters. The predicted octanol–water partition coefficient (Wildman–Crippen LogP) is 2.19. The van der Waals surface area contributed by atoms with E-state index in [1.807, 2.05) is 17.5 Å². The van der Waals surface area contributed by atoms with Crippen LogP contribution in [0.25, 0.3) is 10.7 Å². The maximum Gasteiger partial charge on any atom is 0.344 e. The molecule has 1 saturated heterocycles. The Bertz CT molecular complexity index is 923. The Labute approximate surface area is 169 Å². The number of nitrogens with zero attached hydrogens (tertiary/aromatic N) is 4. The van der Waals surface area contributed by atoms with Gasteiger partial charge >= 0.3 is 6.03 Å². The highest BCUT2D eigenvalue weighted by Crippen LogP contribution is 2.41. The average molecular weight is 421 g/mol. The first kappa shape index (κ1) is 18.9. The van der Waals surface area contributed by atoms with Gasteiger partial charge in [0, 0.05) is 6.04 Å². The maximum atomic E-state index is 12.4. The quantitative estimate of drug-likeness (QED) is 0.525. The number of carbonyl (C=O) groups is 3. The lowest BCUT2D eigenvalue weighted by molar-refractivity contribution is -0.137. The number of hydrazine groups is 1. The summed E-state index contributed by atoms with van der Waals surface area (Å²) in [6, 6.07) is 3.70. The maximum absolute atomic E-state index is 12.4. The van der Waals surface area contributed by atoms with Crippen molar-refractivity contribution in [2.75, 3.05) is 5.75 Å². The zero-order valence-electron chi connectivity index (χ0n) is 15.5. The molecular weight excluding hydrogens is 400 g/mol. The van der Waals surface area contributed by atoms with Crippen LogP contribution in [0.15, 0.2) is 22.7 Å². The van der Waals surface area contributed by atoms with Crippen LogP contribution in [0.3, 0.4) is 0 Å². The lowest BCUT2D eigenvalue weighted by atomic mass is 10.00. The summed E-state index contributed by atoms with van der Waals surface area (Å²) in [5.74, 6) is -0.0700. The van der Waals surface area contributed by atoms with E-state index in [9.17, 15) is 14.4 Å². The van der Waals surface area contributed by atoms with Crippen LogP contribution in [0.2, 0.25) is 0 Å². The number of aromatic nitrogens is 3. The van der Waals surface area contributed by atoms with E-state index in [4.69, 9.17) is 0 Å². The van der Waals surface area contributed by atoms with Crippen molar-refractivity contribution in [1.82, 2.24) is 30.5 Å². The van der Waals surface area contributed by atoms with Gasteiger partial charge in [0.25, 0.3) is 5.91 Å². The first-order chi connectivity index (χ1) is 13.4. The van der Waals surface area contributed by atoms with E-state index in [1.165, 1.54) is 11.8 Å². The van der Waals surface area contributed by atoms with Gasteiger partial charge in [-0.25, -0.2) is 4.79 Å². The smallest absolute Gasteiger partial charge is 0.322 e. The summed E-state index contributed by atoms with van der Waals surface area (Å²) in [5, 5.41) is 14.6. The van der Waals surface area contributed by atoms with Gasteiger partial charge in [-0.05, 0) is 37.6 Å². The van der Waals surface area contributed by atoms with Crippen molar-refractivity contribution in [3.05, 3.63) is 17.5 Å². The topological polar surface area (TPSA) is 109 Å². The number of carbonyl (C=O) groups excluding carboxylic acids is 3. The van der Waals surface area contributed by atoms with Crippen molar-refractivity contribution >= 4 is 40.9 Å². The normalized spacial score (nSPS) is 21.9. The Morgan fingerprint density at radius 3 is 2.82 bits per heavy atom. The van der Waals surface area contributed by atoms with Gasteiger partial charge in [-0.3, -0.25) is 19.6 Å². The van der Waals surface area contributed by atoms with Gasteiger partial charge in [0.05, 0.1) is 10.6 Å². The average Bonchev–Trinajstić information content (AvgIpc) is 3.12. The molecule has 2 fully saturated rings. The summed E-state index contributed by atoms with van der Waals surface area (Å²) < 4.78 is 2.08. The van der Waals surface area contributed by atoms with Gasteiger partial charge in [0.1, 0.15) is 5.54 Å². The van der Waals surface area contributed by atoms with Gasteiger partial charge < -0.3 is 5.32 Å². The third kappa shape index (κ3) is 3.39. The molecule has 11 heteroatoms. The number of nitrogens with one attached hydrogen (secondary N) is 2. The van der Waals surface area contributed by atoms with Gasteiger partial charge in [0.2, 0.25) is 5.91 Å². The van der Waals surface area contributed by atoms with Crippen LogP contribution in [-0.4, -0.2) is 48.9 Å². The van der Waals surface area contributed by atoms with Crippen molar-refractivity contribution in [2.45, 2.75) is 49.8 Å². The minimum Gasteiger partial charge on any atom is -0.322 e. The summed E-state index contributed by atoms with van der Waals surface area (Å²) >= 11 is 2.84. The van der Waals surface area contributed by atoms with E-state index >= 15 is 0 Å². The van der Waals surface area contributed by atoms with Crippen LogP contribution in [0.1, 0.15) is 39.2 Å². The Morgan fingerprint density at radius 2 is 2.21 bits per heavy atom. The minimum absolute atomic E-state index is 0.0230. The second-order valence-electron chi connectivity index (χ2n) is 6.96. The van der Waals surface area contributed by atoms with Crippen LogP contribution in [0, 0.1) is 0 Å². The highest BCUT2D eigenvalue weighted by atomic mass is 32.2. The van der Waals surface area contributed by atoms with Crippen LogP contribution >= 0.6 is 23.1 Å². The standard InChI is InChI=1S/C17H20N6O3S2/c1-3-17(2)14(25)23(15(26)18-17)21-12(24)9-28-16-20-19-13(11-5-4-8-27-11)22(16)10-6-7-10/h4-5,8,10H,3,6-7,9H2,1-2H3,(H,18,26)(H,21,24)/t17-/m0/s1. The van der Waals surface area contributed by atoms with E-state index < -0.39 is 23.4 Å². The molecule has 28 heavy (non-hydrogen) atoms. The first-order valence-electron chi connectivity index (χ1n) is 9.00. The van der Waals surface area contributed by atoms with Gasteiger partial charge in [0.15, 0.2) is 11.0 Å². The van der Waals surface area contributed by atoms with Crippen molar-refractivity contribution in [3.8, 4) is 10.7 Å². The highest BCUT2D eigenvalue weighted by Gasteiger charge is 2.47. The summed E-state index contributed by atoms with van der Waals surface area (Å²) in [6.07, 6.45) is 2.57. The first-order valence-corrected chi connectivity index (χ1v) is 10.9. The zero-order chi connectivity index (χ0) is 19.9. The second-order valence-corrected chi connectivity index (χ2v) is 8.85. The van der Waals surface area contributed by atoms with E-state index in [0.29, 0.717) is 17.6 Å². The molecule has 3 heterocycles. The molecule has 2 aromatic rings. The molecule has 2 aliphatic rings. The molecule has 4 amide bonds. The lowest BCUT2D eigenvalue weighted by Gasteiger charge is -2.19. The van der Waals surface area contributed by atoms with Crippen LogP contribution in [-0.2, 0) is 9.59 Å². The number of urea groups is 1. The van der Waals surface area contributed by atoms with Crippen LogP contribution < -0.4 is 10.7 Å². The molecule has 2 aromatic heterocycles. The van der Waals surface area contributed by atoms with E-state index in [2.05, 4.69) is 25.5 Å². The largest absolute Gasteiger partial charge is 0.344 e. The Kier molecular flexibility index (Phi) is 4.88. The third-order valence-corrected chi connectivity index (χ3v) is 6.66. The van der Waals surface area contributed by atoms with Gasteiger partial charge in [-0.15, -0.1) is 21.5 Å². The summed E-state index contributed by atoms with van der Waals surface area (Å²) in [6.45, 7) is 3.44. The fourth-order valence-electron chi connectivity index (χ4n) is 2.92. The fraction of sp³-hybridized carbons (Fsp3) is 0.471. The van der Waals surface area contributed by atoms with Crippen molar-refractivity contribution in [1.29, 1.82) is 0 Å². The molecule has 1 aliphatic carbocycles. The monoisotopic (exact) mass is 420 g/mol. The van der Waals surface area contributed by atoms with Crippen molar-refractivity contribution < 1.29 is 14.4 Å². The number of rotatable bonds is 7. The fourth-order valence-corrected chi connectivity index (χ4v) is 4.43. The Hall–Kier alpha value is -2.40. The summed E-state index contributed by atoms with van der Waals surface area (Å²) in [5.41, 5.74) is 1.41. The number of thioether (sulfide) groups is 1. The number of amides is 4. The molecule has 148 valence electrons. The second kappa shape index (κ2) is 7.21. The molecule has 0 radical (unpaired) electrons. The van der Waals surface area contributed by atoms with E-state index in [1.54, 1.807) is 25.2 Å². The van der Waals surface area contributed by atoms with E-state index in [-0.39, 0.29) is 5.75 Å². The third-order valence-electron chi connectivity index (χ3n) is 4.86. The number of thiophene rings is 1. The Morgan fingerprint density at radius 1 is 1.43 bits per heavy atom. The highest BCUT2D eigenvalue weighted by molar-refractivity contribution is 7.99. The van der Waals surface area contributed by atoms with E-state index in [0.717, 1.165) is 28.6 Å². The number of hydrogen-bond acceptors (Lipinski definition) is 7. The van der Waals surface area contributed by atoms with Crippen LogP contribution in [0.4, 0.5) is 4.79 Å². The summed E-state index contributed by atoms with van der Waals surface area (Å²) in [7, 11) is 0. The summed E-state index contributed by atoms with van der Waals surface area (Å²) in [4.78, 5) is 37.7. The molecule has 0 spiro atoms. The minimum atomic E-state index is -0.987. The van der Waals surface area contributed by atoms with Crippen molar-refractivity contribution in [2.24, 2.45) is 0 Å². The predicted molar refractivity (Wildman–Crippen MR) is 105 cm³/mol. The SMILES string of the molecule is CC[C@]1(C)NC(=O)N(NC(=O)CSc2nnc(-c3cccs3)n2C2CC2)C1=O. The van der Waals surface area contributed by atoms with Gasteiger partial charge in [-0.2, -0.15) is 5.01 Å². The molecule has 1 atom stereocenters. The molecule has 4 rings (SSSR count). The lowest BCUT2D eigenvalue weighted by Crippen LogP contribution is -2.49. The molecule has 9 nitrogen and oxygen atoms in total.